The van der Waals surface area contributed by atoms with Crippen molar-refractivity contribution >= 4 is 12.4 Å². The first kappa shape index (κ1) is 15.8. The van der Waals surface area contributed by atoms with E-state index in [4.69, 9.17) is 0 Å². The first-order chi connectivity index (χ1) is 9.74. The van der Waals surface area contributed by atoms with Gasteiger partial charge in [-0.1, -0.05) is 12.1 Å². The zero-order chi connectivity index (χ0) is 13.9. The van der Waals surface area contributed by atoms with Crippen LogP contribution in [-0.4, -0.2) is 39.2 Å². The van der Waals surface area contributed by atoms with Crippen molar-refractivity contribution in [3.63, 3.8) is 0 Å². The Bertz CT molecular complexity index is 587. The summed E-state index contributed by atoms with van der Waals surface area (Å²) in [5, 5.41) is 13.0. The summed E-state index contributed by atoms with van der Waals surface area (Å²) in [6.07, 6.45) is 3.83. The van der Waals surface area contributed by atoms with Gasteiger partial charge in [0.2, 0.25) is 0 Å². The highest BCUT2D eigenvalue weighted by Gasteiger charge is 2.26. The van der Waals surface area contributed by atoms with Crippen LogP contribution in [0.2, 0.25) is 0 Å². The van der Waals surface area contributed by atoms with E-state index in [0.29, 0.717) is 5.75 Å². The second-order valence-electron chi connectivity index (χ2n) is 5.26. The Morgan fingerprint density at radius 2 is 2.29 bits per heavy atom. The minimum absolute atomic E-state index is 0. The lowest BCUT2D eigenvalue weighted by molar-refractivity contribution is 0.144. The predicted molar refractivity (Wildman–Crippen MR) is 84.6 cm³/mol. The van der Waals surface area contributed by atoms with Crippen LogP contribution in [0.3, 0.4) is 0 Å². The molecule has 5 nitrogen and oxygen atoms in total. The molecule has 1 aliphatic heterocycles. The van der Waals surface area contributed by atoms with Crippen molar-refractivity contribution in [3.8, 4) is 5.75 Å². The quantitative estimate of drug-likeness (QED) is 0.906. The van der Waals surface area contributed by atoms with Crippen molar-refractivity contribution < 1.29 is 5.11 Å². The molecule has 2 N–H and O–H groups in total. The van der Waals surface area contributed by atoms with Gasteiger partial charge in [-0.25, -0.2) is 4.98 Å². The summed E-state index contributed by atoms with van der Waals surface area (Å²) in [6, 6.07) is 7.75. The maximum atomic E-state index is 9.59. The second-order valence-corrected chi connectivity index (χ2v) is 5.26. The fraction of sp³-hybridized carbons (Fsp3) is 0.400. The summed E-state index contributed by atoms with van der Waals surface area (Å²) < 4.78 is 2.08. The lowest BCUT2D eigenvalue weighted by atomic mass is 10.1. The maximum Gasteiger partial charge on any atom is 0.127 e. The average molecular weight is 309 g/mol. The number of aromatic nitrogens is 2. The third-order valence-electron chi connectivity index (χ3n) is 3.81. The van der Waals surface area contributed by atoms with E-state index in [9.17, 15) is 5.11 Å². The van der Waals surface area contributed by atoms with E-state index in [0.717, 1.165) is 37.6 Å². The number of piperazine rings is 1. The standard InChI is InChI=1S/C15H20N4O.ClH/c1-18-7-6-17-15(18)14-10-16-5-8-19(14)11-12-3-2-4-13(20)9-12;/h2-4,6-7,9,14,16,20H,5,8,10-11H2,1H3;1H. The molecule has 1 atom stereocenters. The number of imidazole rings is 1. The van der Waals surface area contributed by atoms with Gasteiger partial charge in [0.15, 0.2) is 0 Å². The molecule has 0 bridgehead atoms. The molecule has 2 aromatic rings. The van der Waals surface area contributed by atoms with Crippen molar-refractivity contribution in [2.45, 2.75) is 12.6 Å². The topological polar surface area (TPSA) is 53.3 Å². The van der Waals surface area contributed by atoms with E-state index < -0.39 is 0 Å². The van der Waals surface area contributed by atoms with Gasteiger partial charge in [0, 0.05) is 45.6 Å². The third-order valence-corrected chi connectivity index (χ3v) is 3.81. The summed E-state index contributed by atoms with van der Waals surface area (Å²) in [6.45, 7) is 3.70. The Hall–Kier alpha value is -1.56. The Balaban J connectivity index is 0.00000161. The second kappa shape index (κ2) is 6.93. The Kier molecular flexibility index (Phi) is 5.22. The van der Waals surface area contributed by atoms with E-state index in [1.54, 1.807) is 6.07 Å². The largest absolute Gasteiger partial charge is 0.508 e. The number of phenols is 1. The molecule has 0 amide bonds. The van der Waals surface area contributed by atoms with Gasteiger partial charge >= 0.3 is 0 Å². The first-order valence-electron chi connectivity index (χ1n) is 6.94. The average Bonchev–Trinajstić information content (AvgIpc) is 2.86. The molecule has 1 aliphatic rings. The van der Waals surface area contributed by atoms with Crippen LogP contribution in [0.15, 0.2) is 36.7 Å². The van der Waals surface area contributed by atoms with Gasteiger partial charge in [-0.3, -0.25) is 4.90 Å². The molecule has 1 unspecified atom stereocenters. The number of hydrogen-bond donors (Lipinski definition) is 2. The molecular weight excluding hydrogens is 288 g/mol. The van der Waals surface area contributed by atoms with Crippen LogP contribution in [-0.2, 0) is 13.6 Å². The van der Waals surface area contributed by atoms with Crippen molar-refractivity contribution in [2.75, 3.05) is 19.6 Å². The number of aryl methyl sites for hydroxylation is 1. The summed E-state index contributed by atoms with van der Waals surface area (Å²) in [7, 11) is 2.03. The van der Waals surface area contributed by atoms with E-state index in [1.807, 2.05) is 31.6 Å². The molecule has 6 heteroatoms. The molecule has 0 saturated carbocycles. The molecule has 1 saturated heterocycles. The van der Waals surface area contributed by atoms with Crippen LogP contribution in [0.5, 0.6) is 5.75 Å². The summed E-state index contributed by atoms with van der Waals surface area (Å²) in [5.41, 5.74) is 1.13. The summed E-state index contributed by atoms with van der Waals surface area (Å²) in [5.74, 6) is 1.41. The van der Waals surface area contributed by atoms with Gasteiger partial charge in [0.05, 0.1) is 6.04 Å². The van der Waals surface area contributed by atoms with Crippen LogP contribution in [0.4, 0.5) is 0 Å². The van der Waals surface area contributed by atoms with Crippen molar-refractivity contribution in [3.05, 3.63) is 48.0 Å². The predicted octanol–water partition coefficient (Wildman–Crippen LogP) is 1.69. The Morgan fingerprint density at radius 1 is 1.43 bits per heavy atom. The van der Waals surface area contributed by atoms with Gasteiger partial charge in [-0.15, -0.1) is 12.4 Å². The lowest BCUT2D eigenvalue weighted by Gasteiger charge is -2.35. The molecule has 0 aliphatic carbocycles. The number of hydrogen-bond acceptors (Lipinski definition) is 4. The highest BCUT2D eigenvalue weighted by molar-refractivity contribution is 5.85. The Labute approximate surface area is 131 Å². The van der Waals surface area contributed by atoms with E-state index in [2.05, 4.69) is 25.8 Å². The molecule has 1 aromatic carbocycles. The molecule has 1 aromatic heterocycles. The minimum atomic E-state index is 0. The van der Waals surface area contributed by atoms with Gasteiger partial charge in [-0.05, 0) is 17.7 Å². The van der Waals surface area contributed by atoms with Crippen molar-refractivity contribution in [1.29, 1.82) is 0 Å². The molecule has 1 fully saturated rings. The van der Waals surface area contributed by atoms with E-state index >= 15 is 0 Å². The normalized spacial score (nSPS) is 19.2. The number of nitrogens with one attached hydrogen (secondary N) is 1. The summed E-state index contributed by atoms with van der Waals surface area (Å²) >= 11 is 0. The molecule has 0 radical (unpaired) electrons. The Morgan fingerprint density at radius 3 is 3.00 bits per heavy atom. The number of nitrogens with zero attached hydrogens (tertiary/aromatic N) is 3. The van der Waals surface area contributed by atoms with Crippen LogP contribution >= 0.6 is 12.4 Å². The maximum absolute atomic E-state index is 9.59. The molecule has 2 heterocycles. The smallest absolute Gasteiger partial charge is 0.127 e. The van der Waals surface area contributed by atoms with Crippen LogP contribution in [0.1, 0.15) is 17.4 Å². The molecule has 0 spiro atoms. The van der Waals surface area contributed by atoms with Crippen LogP contribution in [0, 0.1) is 0 Å². The van der Waals surface area contributed by atoms with E-state index in [-0.39, 0.29) is 18.4 Å². The molecule has 3 rings (SSSR count). The molecule has 21 heavy (non-hydrogen) atoms. The monoisotopic (exact) mass is 308 g/mol. The fourth-order valence-corrected chi connectivity index (χ4v) is 2.78. The van der Waals surface area contributed by atoms with Gasteiger partial charge in [0.25, 0.3) is 0 Å². The van der Waals surface area contributed by atoms with Gasteiger partial charge in [0.1, 0.15) is 11.6 Å². The highest BCUT2D eigenvalue weighted by Crippen LogP contribution is 2.23. The SMILES string of the molecule is Cl.Cn1ccnc1C1CNCCN1Cc1cccc(O)c1. The highest BCUT2D eigenvalue weighted by atomic mass is 35.5. The van der Waals surface area contributed by atoms with Crippen molar-refractivity contribution in [2.24, 2.45) is 7.05 Å². The van der Waals surface area contributed by atoms with Crippen LogP contribution in [0.25, 0.3) is 0 Å². The van der Waals surface area contributed by atoms with E-state index in [1.165, 1.54) is 0 Å². The minimum Gasteiger partial charge on any atom is -0.508 e. The fourth-order valence-electron chi connectivity index (χ4n) is 2.78. The number of benzene rings is 1. The summed E-state index contributed by atoms with van der Waals surface area (Å²) in [4.78, 5) is 6.89. The number of rotatable bonds is 3. The zero-order valence-electron chi connectivity index (χ0n) is 12.1. The van der Waals surface area contributed by atoms with Crippen molar-refractivity contribution in [1.82, 2.24) is 19.8 Å². The van der Waals surface area contributed by atoms with Gasteiger partial charge in [-0.2, -0.15) is 0 Å². The van der Waals surface area contributed by atoms with Crippen LogP contribution < -0.4 is 5.32 Å². The molecule has 114 valence electrons. The molecular formula is C15H21ClN4O. The number of phenolic OH excluding ortho intramolecular Hbond substituents is 1. The zero-order valence-corrected chi connectivity index (χ0v) is 12.9. The third kappa shape index (κ3) is 3.56. The lowest BCUT2D eigenvalue weighted by Crippen LogP contribution is -2.46. The number of halogens is 1. The van der Waals surface area contributed by atoms with Gasteiger partial charge < -0.3 is 15.0 Å². The number of aromatic hydroxyl groups is 1. The first-order valence-corrected chi connectivity index (χ1v) is 6.94.